The summed E-state index contributed by atoms with van der Waals surface area (Å²) in [7, 11) is 0. The Morgan fingerprint density at radius 3 is 2.00 bits per heavy atom. The molecule has 4 nitrogen and oxygen atoms in total. The van der Waals surface area contributed by atoms with Gasteiger partial charge in [-0.05, 0) is 64.4 Å². The van der Waals surface area contributed by atoms with Crippen molar-refractivity contribution < 1.29 is 4.74 Å². The van der Waals surface area contributed by atoms with E-state index >= 15 is 0 Å². The fourth-order valence-electron chi connectivity index (χ4n) is 4.84. The molecule has 1 aliphatic rings. The molecular weight excluding hydrogens is 418 g/mol. The van der Waals surface area contributed by atoms with Crippen molar-refractivity contribution in [3.63, 3.8) is 0 Å². The van der Waals surface area contributed by atoms with Crippen LogP contribution in [0, 0.1) is 0 Å². The molecule has 0 amide bonds. The molecule has 6 aromatic rings. The van der Waals surface area contributed by atoms with Crippen LogP contribution in [0.1, 0.15) is 0 Å². The van der Waals surface area contributed by atoms with Gasteiger partial charge in [-0.25, -0.2) is 9.97 Å². The maximum absolute atomic E-state index is 6.16. The zero-order valence-electron chi connectivity index (χ0n) is 18.2. The molecular formula is C30H19N3O. The van der Waals surface area contributed by atoms with Crippen LogP contribution in [0.15, 0.2) is 116 Å². The maximum atomic E-state index is 6.16. The third-order valence-electron chi connectivity index (χ3n) is 6.40. The molecule has 0 atom stereocenters. The summed E-state index contributed by atoms with van der Waals surface area (Å²) in [6.07, 6.45) is 3.50. The van der Waals surface area contributed by atoms with Crippen molar-refractivity contribution in [2.75, 3.05) is 4.90 Å². The molecule has 2 heterocycles. The minimum absolute atomic E-state index is 0.852. The van der Waals surface area contributed by atoms with Crippen molar-refractivity contribution in [2.24, 2.45) is 0 Å². The second-order valence-electron chi connectivity index (χ2n) is 8.35. The minimum atomic E-state index is 0.852. The zero-order chi connectivity index (χ0) is 22.5. The lowest BCUT2D eigenvalue weighted by Gasteiger charge is -2.32. The van der Waals surface area contributed by atoms with E-state index in [-0.39, 0.29) is 0 Å². The van der Waals surface area contributed by atoms with Gasteiger partial charge in [-0.2, -0.15) is 0 Å². The Balaban J connectivity index is 1.39. The van der Waals surface area contributed by atoms with E-state index in [9.17, 15) is 0 Å². The van der Waals surface area contributed by atoms with E-state index in [0.29, 0.717) is 0 Å². The predicted molar refractivity (Wildman–Crippen MR) is 137 cm³/mol. The van der Waals surface area contributed by atoms with E-state index in [2.05, 4.69) is 81.6 Å². The molecule has 0 saturated heterocycles. The van der Waals surface area contributed by atoms with Crippen LogP contribution in [-0.2, 0) is 0 Å². The van der Waals surface area contributed by atoms with E-state index in [0.717, 1.165) is 56.0 Å². The molecule has 0 fully saturated rings. The topological polar surface area (TPSA) is 38.2 Å². The van der Waals surface area contributed by atoms with Crippen molar-refractivity contribution in [2.45, 2.75) is 0 Å². The van der Waals surface area contributed by atoms with Crippen LogP contribution >= 0.6 is 0 Å². The lowest BCUT2D eigenvalue weighted by molar-refractivity contribution is 0.477. The van der Waals surface area contributed by atoms with Gasteiger partial charge in [0.25, 0.3) is 0 Å². The molecule has 0 aliphatic carbocycles. The third-order valence-corrected chi connectivity index (χ3v) is 6.40. The summed E-state index contributed by atoms with van der Waals surface area (Å²) in [5, 5.41) is 3.43. The van der Waals surface area contributed by atoms with Gasteiger partial charge >= 0.3 is 0 Å². The molecule has 0 spiro atoms. The first-order valence-corrected chi connectivity index (χ1v) is 11.2. The Hall–Kier alpha value is -4.70. The zero-order valence-corrected chi connectivity index (χ0v) is 18.2. The number of hydrogen-bond donors (Lipinski definition) is 0. The Kier molecular flexibility index (Phi) is 4.11. The number of ether oxygens (including phenoxy) is 1. The summed E-state index contributed by atoms with van der Waals surface area (Å²) in [4.78, 5) is 11.0. The van der Waals surface area contributed by atoms with Crippen molar-refractivity contribution in [3.05, 3.63) is 116 Å². The molecule has 0 radical (unpaired) electrons. The second-order valence-corrected chi connectivity index (χ2v) is 8.35. The Morgan fingerprint density at radius 1 is 0.618 bits per heavy atom. The number of aromatic nitrogens is 2. The van der Waals surface area contributed by atoms with Gasteiger partial charge in [0.1, 0.15) is 6.33 Å². The maximum Gasteiger partial charge on any atom is 0.151 e. The van der Waals surface area contributed by atoms with Gasteiger partial charge in [-0.3, -0.25) is 0 Å². The second kappa shape index (κ2) is 7.42. The Bertz CT molecular complexity index is 1650. The van der Waals surface area contributed by atoms with Gasteiger partial charge in [0.15, 0.2) is 11.5 Å². The summed E-state index contributed by atoms with van der Waals surface area (Å²) in [6.45, 7) is 0. The number of benzene rings is 5. The minimum Gasteiger partial charge on any atom is -0.453 e. The summed E-state index contributed by atoms with van der Waals surface area (Å²) >= 11 is 0. The molecule has 0 bridgehead atoms. The first-order valence-electron chi connectivity index (χ1n) is 11.2. The highest BCUT2D eigenvalue weighted by atomic mass is 16.5. The van der Waals surface area contributed by atoms with Crippen LogP contribution in [0.25, 0.3) is 32.8 Å². The lowest BCUT2D eigenvalue weighted by atomic mass is 9.95. The van der Waals surface area contributed by atoms with Crippen molar-refractivity contribution in [1.29, 1.82) is 0 Å². The van der Waals surface area contributed by atoms with E-state index < -0.39 is 0 Å². The van der Waals surface area contributed by atoms with Gasteiger partial charge in [0, 0.05) is 17.3 Å². The van der Waals surface area contributed by atoms with Crippen LogP contribution in [-0.4, -0.2) is 9.97 Å². The molecule has 34 heavy (non-hydrogen) atoms. The van der Waals surface area contributed by atoms with Crippen LogP contribution in [0.5, 0.6) is 11.5 Å². The van der Waals surface area contributed by atoms with Crippen molar-refractivity contribution in [3.8, 4) is 22.6 Å². The fraction of sp³-hybridized carbons (Fsp3) is 0. The molecule has 160 valence electrons. The normalized spacial score (nSPS) is 12.3. The van der Waals surface area contributed by atoms with Crippen LogP contribution in [0.3, 0.4) is 0 Å². The van der Waals surface area contributed by atoms with E-state index in [1.165, 1.54) is 5.39 Å². The Morgan fingerprint density at radius 2 is 1.26 bits per heavy atom. The van der Waals surface area contributed by atoms with Crippen LogP contribution < -0.4 is 9.64 Å². The molecule has 0 saturated carbocycles. The summed E-state index contributed by atoms with van der Waals surface area (Å²) in [5.74, 6) is 1.70. The number of anilines is 3. The first-order chi connectivity index (χ1) is 16.9. The van der Waals surface area contributed by atoms with Crippen molar-refractivity contribution >= 4 is 38.7 Å². The predicted octanol–water partition coefficient (Wildman–Crippen LogP) is 8.03. The molecule has 0 unspecified atom stereocenters. The number of rotatable bonds is 2. The van der Waals surface area contributed by atoms with E-state index in [1.54, 1.807) is 6.33 Å². The highest BCUT2D eigenvalue weighted by molar-refractivity contribution is 6.12. The lowest BCUT2D eigenvalue weighted by Crippen LogP contribution is -2.15. The molecule has 0 N–H and O–H groups in total. The summed E-state index contributed by atoms with van der Waals surface area (Å²) in [5.41, 5.74) is 6.40. The van der Waals surface area contributed by atoms with Gasteiger partial charge in [-0.1, -0.05) is 60.7 Å². The highest BCUT2D eigenvalue weighted by Crippen LogP contribution is 2.50. The average molecular weight is 438 g/mol. The number of hydrogen-bond acceptors (Lipinski definition) is 4. The third kappa shape index (κ3) is 2.86. The van der Waals surface area contributed by atoms with E-state index in [4.69, 9.17) is 4.74 Å². The highest BCUT2D eigenvalue weighted by Gasteiger charge is 2.25. The van der Waals surface area contributed by atoms with Gasteiger partial charge in [-0.15, -0.1) is 0 Å². The first kappa shape index (κ1) is 18.8. The number of nitrogens with zero attached hydrogens (tertiary/aromatic N) is 3. The van der Waals surface area contributed by atoms with Crippen LogP contribution in [0.2, 0.25) is 0 Å². The monoisotopic (exact) mass is 437 g/mol. The van der Waals surface area contributed by atoms with Crippen LogP contribution in [0.4, 0.5) is 17.1 Å². The summed E-state index contributed by atoms with van der Waals surface area (Å²) in [6, 6.07) is 35.6. The molecule has 1 aliphatic heterocycles. The number of fused-ring (bicyclic) bond motifs is 5. The van der Waals surface area contributed by atoms with E-state index in [1.807, 2.05) is 42.6 Å². The SMILES string of the molecule is c1ccc2c(c1)Oc1ccccc1N2c1ccc(-c2cc3ncncc3c3ccccc23)cc1. The average Bonchev–Trinajstić information content (AvgIpc) is 2.91. The Labute approximate surface area is 196 Å². The molecule has 1 aromatic heterocycles. The fourth-order valence-corrected chi connectivity index (χ4v) is 4.84. The largest absolute Gasteiger partial charge is 0.453 e. The quantitative estimate of drug-likeness (QED) is 0.257. The van der Waals surface area contributed by atoms with Gasteiger partial charge in [0.05, 0.1) is 16.9 Å². The van der Waals surface area contributed by atoms with Crippen molar-refractivity contribution in [1.82, 2.24) is 9.97 Å². The molecule has 7 rings (SSSR count). The molecule has 4 heteroatoms. The molecule has 5 aromatic carbocycles. The standard InChI is InChI=1S/C30H19N3O/c1-2-8-23-22(7-1)24(17-26-25(23)18-31-19-32-26)20-13-15-21(16-14-20)33-27-9-3-5-11-29(27)34-30-12-6-4-10-28(30)33/h1-19H. The summed E-state index contributed by atoms with van der Waals surface area (Å²) < 4.78 is 6.16. The van der Waals surface area contributed by atoms with Gasteiger partial charge in [0.2, 0.25) is 0 Å². The smallest absolute Gasteiger partial charge is 0.151 e. The van der Waals surface area contributed by atoms with Gasteiger partial charge < -0.3 is 9.64 Å². The number of para-hydroxylation sites is 4.